The molecule has 1 amide bonds. The molecule has 1 saturated heterocycles. The molecule has 0 bridgehead atoms. The highest BCUT2D eigenvalue weighted by Crippen LogP contribution is 2.35. The van der Waals surface area contributed by atoms with Gasteiger partial charge >= 0.3 is 0 Å². The van der Waals surface area contributed by atoms with Gasteiger partial charge in [-0.05, 0) is 61.9 Å². The van der Waals surface area contributed by atoms with Crippen molar-refractivity contribution < 1.29 is 9.53 Å². The molecule has 4 rings (SSSR count). The van der Waals surface area contributed by atoms with Gasteiger partial charge in [-0.1, -0.05) is 41.6 Å². The standard InChI is InChI=1S/C23H22ClN3O2S/c1-14-11-16(15(2)27(14)18-7-5-4-6-8-18)12-21-22(28)26-23(30-21)25-19-13-17(24)9-10-20(19)29-3/h4-13,23,25H,1-3H3,(H,26,28)/b21-12-. The molecule has 1 atom stereocenters. The van der Waals surface area contributed by atoms with Gasteiger partial charge < -0.3 is 19.9 Å². The number of para-hydroxylation sites is 1. The van der Waals surface area contributed by atoms with E-state index in [4.69, 9.17) is 16.3 Å². The highest BCUT2D eigenvalue weighted by molar-refractivity contribution is 8.05. The predicted molar refractivity (Wildman–Crippen MR) is 124 cm³/mol. The van der Waals surface area contributed by atoms with Crippen molar-refractivity contribution in [2.75, 3.05) is 12.4 Å². The van der Waals surface area contributed by atoms with Crippen molar-refractivity contribution in [1.29, 1.82) is 0 Å². The SMILES string of the molecule is COc1ccc(Cl)cc1NC1NC(=O)/C(=C/c2cc(C)n(-c3ccccc3)c2C)S1. The number of thioether (sulfide) groups is 1. The lowest BCUT2D eigenvalue weighted by Gasteiger charge is -2.15. The van der Waals surface area contributed by atoms with Crippen LogP contribution in [0.15, 0.2) is 59.5 Å². The van der Waals surface area contributed by atoms with E-state index >= 15 is 0 Å². The van der Waals surface area contributed by atoms with E-state index in [1.54, 1.807) is 25.3 Å². The van der Waals surface area contributed by atoms with Gasteiger partial charge in [-0.3, -0.25) is 4.79 Å². The van der Waals surface area contributed by atoms with Crippen molar-refractivity contribution in [2.45, 2.75) is 19.3 Å². The zero-order valence-electron chi connectivity index (χ0n) is 16.9. The number of ether oxygens (including phenoxy) is 1. The fourth-order valence-electron chi connectivity index (χ4n) is 3.55. The van der Waals surface area contributed by atoms with Crippen LogP contribution in [0.3, 0.4) is 0 Å². The summed E-state index contributed by atoms with van der Waals surface area (Å²) in [5.41, 5.74) is 4.75. The van der Waals surface area contributed by atoms with Crippen LogP contribution in [0.1, 0.15) is 17.0 Å². The lowest BCUT2D eigenvalue weighted by Crippen LogP contribution is -2.31. The normalized spacial score (nSPS) is 17.3. The van der Waals surface area contributed by atoms with Crippen molar-refractivity contribution in [1.82, 2.24) is 9.88 Å². The number of rotatable bonds is 5. The van der Waals surface area contributed by atoms with E-state index < -0.39 is 0 Å². The molecule has 1 aliphatic rings. The minimum Gasteiger partial charge on any atom is -0.495 e. The minimum absolute atomic E-state index is 0.108. The number of amides is 1. The topological polar surface area (TPSA) is 55.3 Å². The van der Waals surface area contributed by atoms with Crippen molar-refractivity contribution >= 4 is 41.0 Å². The second-order valence-electron chi connectivity index (χ2n) is 6.97. The van der Waals surface area contributed by atoms with E-state index in [0.717, 1.165) is 28.3 Å². The summed E-state index contributed by atoms with van der Waals surface area (Å²) < 4.78 is 7.56. The summed E-state index contributed by atoms with van der Waals surface area (Å²) in [5.74, 6) is 0.557. The first kappa shape index (κ1) is 20.4. The Kier molecular flexibility index (Phi) is 5.79. The summed E-state index contributed by atoms with van der Waals surface area (Å²) in [5, 5.41) is 6.83. The molecule has 1 unspecified atom stereocenters. The number of methoxy groups -OCH3 is 1. The first-order valence-corrected chi connectivity index (χ1v) is 10.8. The largest absolute Gasteiger partial charge is 0.495 e. The van der Waals surface area contributed by atoms with E-state index in [0.29, 0.717) is 15.7 Å². The lowest BCUT2D eigenvalue weighted by molar-refractivity contribution is -0.116. The van der Waals surface area contributed by atoms with E-state index in [-0.39, 0.29) is 11.4 Å². The van der Waals surface area contributed by atoms with Crippen LogP contribution in [0.25, 0.3) is 11.8 Å². The zero-order chi connectivity index (χ0) is 21.3. The molecule has 2 heterocycles. The molecule has 0 saturated carbocycles. The van der Waals surface area contributed by atoms with Crippen LogP contribution in [0.4, 0.5) is 5.69 Å². The third-order valence-corrected chi connectivity index (χ3v) is 6.21. The molecule has 1 fully saturated rings. The van der Waals surface area contributed by atoms with E-state index in [2.05, 4.69) is 47.2 Å². The van der Waals surface area contributed by atoms with Gasteiger partial charge in [0.15, 0.2) is 5.50 Å². The molecule has 1 aliphatic heterocycles. The van der Waals surface area contributed by atoms with Gasteiger partial charge in [0.25, 0.3) is 5.91 Å². The third kappa shape index (κ3) is 4.06. The van der Waals surface area contributed by atoms with Crippen LogP contribution >= 0.6 is 23.4 Å². The molecule has 3 aromatic rings. The summed E-state index contributed by atoms with van der Waals surface area (Å²) in [6.45, 7) is 4.14. The molecule has 0 aliphatic carbocycles. The Morgan fingerprint density at radius 3 is 2.67 bits per heavy atom. The molecule has 30 heavy (non-hydrogen) atoms. The van der Waals surface area contributed by atoms with Crippen molar-refractivity contribution in [3.63, 3.8) is 0 Å². The van der Waals surface area contributed by atoms with Crippen LogP contribution in [-0.4, -0.2) is 23.1 Å². The zero-order valence-corrected chi connectivity index (χ0v) is 18.5. The summed E-state index contributed by atoms with van der Waals surface area (Å²) in [7, 11) is 1.60. The highest BCUT2D eigenvalue weighted by atomic mass is 35.5. The maximum atomic E-state index is 12.6. The van der Waals surface area contributed by atoms with Gasteiger partial charge in [-0.15, -0.1) is 0 Å². The number of aryl methyl sites for hydroxylation is 1. The van der Waals surface area contributed by atoms with Gasteiger partial charge in [0.2, 0.25) is 0 Å². The van der Waals surface area contributed by atoms with Gasteiger partial charge in [-0.2, -0.15) is 0 Å². The summed E-state index contributed by atoms with van der Waals surface area (Å²) >= 11 is 7.54. The van der Waals surface area contributed by atoms with Gasteiger partial charge in [0, 0.05) is 22.1 Å². The second kappa shape index (κ2) is 8.50. The van der Waals surface area contributed by atoms with Crippen LogP contribution in [0, 0.1) is 13.8 Å². The maximum absolute atomic E-state index is 12.6. The molecular weight excluding hydrogens is 418 g/mol. The van der Waals surface area contributed by atoms with Gasteiger partial charge in [0.1, 0.15) is 5.75 Å². The number of carbonyl (C=O) groups is 1. The second-order valence-corrected chi connectivity index (χ2v) is 8.55. The summed E-state index contributed by atoms with van der Waals surface area (Å²) in [4.78, 5) is 13.2. The molecule has 0 spiro atoms. The fourth-order valence-corrected chi connectivity index (χ4v) is 4.69. The molecule has 154 valence electrons. The number of hydrogen-bond donors (Lipinski definition) is 2. The number of anilines is 1. The quantitative estimate of drug-likeness (QED) is 0.526. The average Bonchev–Trinajstić information content (AvgIpc) is 3.21. The van der Waals surface area contributed by atoms with Crippen molar-refractivity contribution in [3.05, 3.63) is 81.5 Å². The first-order valence-electron chi connectivity index (χ1n) is 9.50. The predicted octanol–water partition coefficient (Wildman–Crippen LogP) is 5.36. The molecule has 1 aromatic heterocycles. The number of halogens is 1. The molecule has 0 radical (unpaired) electrons. The van der Waals surface area contributed by atoms with Crippen LogP contribution in [0.5, 0.6) is 5.75 Å². The smallest absolute Gasteiger partial charge is 0.260 e. The number of benzene rings is 2. The van der Waals surface area contributed by atoms with Gasteiger partial charge in [-0.25, -0.2) is 0 Å². The molecule has 5 nitrogen and oxygen atoms in total. The molecule has 7 heteroatoms. The monoisotopic (exact) mass is 439 g/mol. The van der Waals surface area contributed by atoms with E-state index in [9.17, 15) is 4.79 Å². The number of nitrogens with one attached hydrogen (secondary N) is 2. The Hall–Kier alpha value is -2.83. The Bertz CT molecular complexity index is 1120. The number of carbonyl (C=O) groups excluding carboxylic acids is 1. The van der Waals surface area contributed by atoms with Gasteiger partial charge in [0.05, 0.1) is 17.7 Å². The number of aromatic nitrogens is 1. The molecule has 2 N–H and O–H groups in total. The first-order chi connectivity index (χ1) is 14.5. The van der Waals surface area contributed by atoms with Crippen LogP contribution < -0.4 is 15.4 Å². The van der Waals surface area contributed by atoms with Crippen molar-refractivity contribution in [2.24, 2.45) is 0 Å². The van der Waals surface area contributed by atoms with E-state index in [1.165, 1.54) is 11.8 Å². The van der Waals surface area contributed by atoms with Crippen LogP contribution in [-0.2, 0) is 4.79 Å². The van der Waals surface area contributed by atoms with Crippen LogP contribution in [0.2, 0.25) is 5.02 Å². The van der Waals surface area contributed by atoms with E-state index in [1.807, 2.05) is 24.3 Å². The molecule has 2 aromatic carbocycles. The van der Waals surface area contributed by atoms with Crippen molar-refractivity contribution in [3.8, 4) is 11.4 Å². The number of hydrogen-bond acceptors (Lipinski definition) is 4. The average molecular weight is 440 g/mol. The lowest BCUT2D eigenvalue weighted by atomic mass is 10.2. The Labute approximate surface area is 185 Å². The summed E-state index contributed by atoms with van der Waals surface area (Å²) in [6.07, 6.45) is 1.94. The Morgan fingerprint density at radius 1 is 1.17 bits per heavy atom. The fraction of sp³-hybridized carbons (Fsp3) is 0.174. The Morgan fingerprint density at radius 2 is 1.93 bits per heavy atom. The third-order valence-electron chi connectivity index (χ3n) is 4.95. The summed E-state index contributed by atoms with van der Waals surface area (Å²) in [6, 6.07) is 17.6. The molecular formula is C23H22ClN3O2S. The number of nitrogens with zero attached hydrogens (tertiary/aromatic N) is 1. The highest BCUT2D eigenvalue weighted by Gasteiger charge is 2.28. The minimum atomic E-state index is -0.311. The maximum Gasteiger partial charge on any atom is 0.260 e. The Balaban J connectivity index is 1.58.